The number of unbranched alkanes of at least 4 members (excludes halogenated alkanes) is 33. The summed E-state index contributed by atoms with van der Waals surface area (Å²) >= 11 is 0. The highest BCUT2D eigenvalue weighted by Crippen LogP contribution is 2.45. The summed E-state index contributed by atoms with van der Waals surface area (Å²) in [6.07, 6.45) is 129. The van der Waals surface area contributed by atoms with E-state index in [4.69, 9.17) is 32.3 Å². The van der Waals surface area contributed by atoms with Crippen molar-refractivity contribution < 1.29 is 75.8 Å². The average Bonchev–Trinajstić information content (AvgIpc) is 0.900. The Kier molecular flexibility index (Phi) is 90.7. The third-order valence-corrected chi connectivity index (χ3v) is 21.9. The smallest absolute Gasteiger partial charge is 0.463 e. The van der Waals surface area contributed by atoms with Crippen LogP contribution in [0.3, 0.4) is 0 Å². The Balaban J connectivity index is 4.59. The van der Waals surface area contributed by atoms with Gasteiger partial charge in [-0.25, -0.2) is 9.13 Å². The van der Waals surface area contributed by atoms with E-state index < -0.39 is 91.5 Å². The van der Waals surface area contributed by atoms with Gasteiger partial charge in [0.05, 0.1) is 26.4 Å². The fraction of sp³-hybridized carbons (Fsp3) is 0.648. The molecule has 0 radical (unpaired) electrons. The molecule has 0 fully saturated rings. The second-order valence-corrected chi connectivity index (χ2v) is 34.6. The zero-order chi connectivity index (χ0) is 89.3. The molecule has 0 rings (SSSR count). The first kappa shape index (κ1) is 117. The lowest BCUT2D eigenvalue weighted by Crippen LogP contribution is -2.30. The highest BCUT2D eigenvalue weighted by molar-refractivity contribution is 7.47. The summed E-state index contributed by atoms with van der Waals surface area (Å²) in [5.74, 6) is -1.62. The SMILES string of the molecule is CC/C=C\C/C=C\C/C=C\C/C=C\C/C=C\C/C=C\CCCCCCCCCCCCCCCCC(=O)OCC(O)COP(=O)(O)OCC(O)COP(=O)(O)OCC(COC(=O)CCCCCCCCCCCCCCCCCCC/C=C\C/C=C\C/C=C\C/C=C\C/C=C\CC)OC(=O)CCCC/C=C\C/C=C\C/C=C\C/C=C\C/C=C\C/C=C\CC. The van der Waals surface area contributed by atoms with Gasteiger partial charge in [0.25, 0.3) is 0 Å². The molecule has 4 N–H and O–H groups in total. The number of carbonyl (C=O) groups excluding carboxylic acids is 3. The fourth-order valence-corrected chi connectivity index (χ4v) is 14.4. The molecule has 18 heteroatoms. The lowest BCUT2D eigenvalue weighted by atomic mass is 10.0. The topological polar surface area (TPSA) is 231 Å². The van der Waals surface area contributed by atoms with Gasteiger partial charge in [0.2, 0.25) is 0 Å². The summed E-state index contributed by atoms with van der Waals surface area (Å²) in [4.78, 5) is 59.1. The Morgan fingerprint density at radius 2 is 0.407 bits per heavy atom. The van der Waals surface area contributed by atoms with Crippen molar-refractivity contribution in [2.75, 3.05) is 39.6 Å². The summed E-state index contributed by atoms with van der Waals surface area (Å²) in [6, 6.07) is 0. The Hall–Kier alpha value is -5.87. The van der Waals surface area contributed by atoms with Gasteiger partial charge < -0.3 is 34.2 Å². The van der Waals surface area contributed by atoms with Crippen LogP contribution < -0.4 is 0 Å². The van der Waals surface area contributed by atoms with Crippen LogP contribution in [-0.4, -0.2) is 95.9 Å². The number of aliphatic hydroxyl groups is 2. The Morgan fingerprint density at radius 1 is 0.228 bits per heavy atom. The zero-order valence-corrected chi connectivity index (χ0v) is 79.1. The van der Waals surface area contributed by atoms with E-state index in [-0.39, 0.29) is 19.3 Å². The molecule has 5 unspecified atom stereocenters. The Morgan fingerprint density at radius 3 is 0.659 bits per heavy atom. The molecule has 0 aromatic rings. The summed E-state index contributed by atoms with van der Waals surface area (Å²) < 4.78 is 61.5. The van der Waals surface area contributed by atoms with Gasteiger partial charge in [-0.1, -0.05) is 401 Å². The molecule has 0 amide bonds. The molecule has 0 spiro atoms. The van der Waals surface area contributed by atoms with Crippen LogP contribution in [0.25, 0.3) is 0 Å². The highest BCUT2D eigenvalue weighted by Gasteiger charge is 2.30. The molecule has 700 valence electrons. The van der Waals surface area contributed by atoms with E-state index in [2.05, 4.69) is 227 Å². The number of hydrogen-bond acceptors (Lipinski definition) is 14. The van der Waals surface area contributed by atoms with Crippen LogP contribution in [0.4, 0.5) is 0 Å². The number of esters is 3. The largest absolute Gasteiger partial charge is 0.472 e. The van der Waals surface area contributed by atoms with Gasteiger partial charge >= 0.3 is 33.6 Å². The molecule has 0 aliphatic rings. The Labute approximate surface area is 750 Å². The van der Waals surface area contributed by atoms with Crippen molar-refractivity contribution in [3.05, 3.63) is 207 Å². The molecule has 0 aromatic heterocycles. The van der Waals surface area contributed by atoms with Crippen molar-refractivity contribution >= 4 is 33.6 Å². The second kappa shape index (κ2) is 95.2. The molecular formula is C105H174O16P2. The monoisotopic (exact) mass is 1750 g/mol. The molecule has 5 atom stereocenters. The summed E-state index contributed by atoms with van der Waals surface area (Å²) in [5, 5.41) is 20.8. The maximum Gasteiger partial charge on any atom is 0.472 e. The van der Waals surface area contributed by atoms with Crippen LogP contribution in [0.2, 0.25) is 0 Å². The third kappa shape index (κ3) is 96.6. The summed E-state index contributed by atoms with van der Waals surface area (Å²) in [7, 11) is -9.84. The minimum atomic E-state index is -4.96. The number of rotatable bonds is 90. The molecule has 0 bridgehead atoms. The van der Waals surface area contributed by atoms with Gasteiger partial charge in [-0.2, -0.15) is 0 Å². The van der Waals surface area contributed by atoms with E-state index in [0.717, 1.165) is 167 Å². The maximum atomic E-state index is 13.1. The fourth-order valence-electron chi connectivity index (χ4n) is 12.8. The second-order valence-electron chi connectivity index (χ2n) is 31.7. The first-order chi connectivity index (χ1) is 60.2. The molecule has 123 heavy (non-hydrogen) atoms. The maximum absolute atomic E-state index is 13.1. The van der Waals surface area contributed by atoms with Crippen LogP contribution in [-0.2, 0) is 55.8 Å². The molecule has 0 saturated heterocycles. The van der Waals surface area contributed by atoms with Crippen LogP contribution >= 0.6 is 15.6 Å². The predicted octanol–water partition coefficient (Wildman–Crippen LogP) is 30.3. The lowest BCUT2D eigenvalue weighted by Gasteiger charge is -2.21. The van der Waals surface area contributed by atoms with Crippen molar-refractivity contribution in [3.63, 3.8) is 0 Å². The van der Waals surface area contributed by atoms with Crippen molar-refractivity contribution in [3.8, 4) is 0 Å². The molecule has 0 saturated carbocycles. The normalized spacial score (nSPS) is 14.6. The number of phosphoric acid groups is 2. The third-order valence-electron chi connectivity index (χ3n) is 20.0. The number of aliphatic hydroxyl groups excluding tert-OH is 2. The van der Waals surface area contributed by atoms with E-state index in [0.29, 0.717) is 25.7 Å². The van der Waals surface area contributed by atoms with Crippen LogP contribution in [0.5, 0.6) is 0 Å². The molecule has 0 heterocycles. The van der Waals surface area contributed by atoms with Crippen molar-refractivity contribution in [1.82, 2.24) is 0 Å². The van der Waals surface area contributed by atoms with Gasteiger partial charge in [0, 0.05) is 19.3 Å². The van der Waals surface area contributed by atoms with Crippen LogP contribution in [0.15, 0.2) is 207 Å². The highest BCUT2D eigenvalue weighted by atomic mass is 31.2. The van der Waals surface area contributed by atoms with Gasteiger partial charge in [0.1, 0.15) is 25.4 Å². The van der Waals surface area contributed by atoms with E-state index in [1.807, 2.05) is 0 Å². The van der Waals surface area contributed by atoms with E-state index >= 15 is 0 Å². The van der Waals surface area contributed by atoms with E-state index in [1.165, 1.54) is 148 Å². The first-order valence-corrected chi connectivity index (χ1v) is 51.4. The average molecular weight is 1750 g/mol. The molecule has 0 aliphatic heterocycles. The summed E-state index contributed by atoms with van der Waals surface area (Å²) in [6.45, 7) is 2.32. The van der Waals surface area contributed by atoms with Crippen LogP contribution in [0.1, 0.15) is 380 Å². The van der Waals surface area contributed by atoms with Gasteiger partial charge in [0.15, 0.2) is 6.10 Å². The van der Waals surface area contributed by atoms with E-state index in [9.17, 15) is 43.5 Å². The minimum Gasteiger partial charge on any atom is -0.463 e. The molecule has 0 aromatic carbocycles. The molecule has 16 nitrogen and oxygen atoms in total. The van der Waals surface area contributed by atoms with Gasteiger partial charge in [-0.15, -0.1) is 0 Å². The van der Waals surface area contributed by atoms with Crippen molar-refractivity contribution in [1.29, 1.82) is 0 Å². The quantitative estimate of drug-likeness (QED) is 0.0146. The predicted molar refractivity (Wildman–Crippen MR) is 518 cm³/mol. The number of allylic oxidation sites excluding steroid dienone is 34. The number of ether oxygens (including phenoxy) is 3. The Bertz CT molecular complexity index is 3070. The minimum absolute atomic E-state index is 0.0446. The van der Waals surface area contributed by atoms with Crippen LogP contribution in [0, 0.1) is 0 Å². The number of carbonyl (C=O) groups is 3. The standard InChI is InChI=1S/C105H174O16P2/c1-4-7-10-13-16-19-22-25-28-31-34-37-39-41-43-45-47-49-51-53-55-57-59-62-64-67-70-73-76-79-82-85-88-91-103(108)115-94-100(106)95-117-122(111,112)118-96-101(107)97-119-123(113,114)120-99-102(121-105(110)93-90-87-84-81-78-75-72-69-66-61-36-33-30-27-24-21-18-15-12-9-6-3)98-116-104(109)92-89-86-83-80-77-74-71-68-65-63-60-58-56-54-52-50-48-46-44-42-40-38-35-32-29-26-23-20-17-14-11-8-5-2/h7-12,16-21,25-30,34-38,41-44,47,49,61,69,72,78,81,100-102,106-107H,4-6,13-15,22-24,31-33,39-40,45-46,48,50-60,62-68,70-71,73-77,79-80,82-99H2,1-3H3,(H,111,112)(H,113,114)/b10-7-,11-8-,12-9-,19-16-,20-17-,21-18-,28-25-,29-26-,30-27-,37-34-,38-35-,43-41-,44-42-,49-47-,61-36-,72-69-,81-78-. The van der Waals surface area contributed by atoms with E-state index in [1.54, 1.807) is 0 Å². The summed E-state index contributed by atoms with van der Waals surface area (Å²) in [5.41, 5.74) is 0. The van der Waals surface area contributed by atoms with Crippen molar-refractivity contribution in [2.45, 2.75) is 399 Å². The molecular weight excluding hydrogens is 1580 g/mol. The van der Waals surface area contributed by atoms with Crippen molar-refractivity contribution in [2.24, 2.45) is 0 Å². The van der Waals surface area contributed by atoms with Gasteiger partial charge in [-0.05, 0) is 167 Å². The van der Waals surface area contributed by atoms with Gasteiger partial charge in [-0.3, -0.25) is 32.5 Å². The zero-order valence-electron chi connectivity index (χ0n) is 77.3. The number of phosphoric ester groups is 2. The first-order valence-electron chi connectivity index (χ1n) is 48.4. The lowest BCUT2D eigenvalue weighted by molar-refractivity contribution is -0.161. The molecule has 0 aliphatic carbocycles. The number of hydrogen-bond donors (Lipinski definition) is 4.